The first-order chi connectivity index (χ1) is 13.5. The summed E-state index contributed by atoms with van der Waals surface area (Å²) in [6.45, 7) is 2.74. The molecule has 0 saturated heterocycles. The van der Waals surface area contributed by atoms with Gasteiger partial charge in [0.15, 0.2) is 0 Å². The summed E-state index contributed by atoms with van der Waals surface area (Å²) in [6.07, 6.45) is 7.77. The van der Waals surface area contributed by atoms with Crippen LogP contribution in [0.1, 0.15) is 62.2 Å². The number of nitrogens with zero attached hydrogens (tertiary/aromatic N) is 1. The van der Waals surface area contributed by atoms with Gasteiger partial charge in [-0.3, -0.25) is 4.79 Å². The molecule has 28 heavy (non-hydrogen) atoms. The standard InChI is InChI=1S/C21H32N2O4S/c1-3-16-7-9-18(10-8-16)23(19-11-12-19)21(24)17-5-4-6-20(15-17)28(25,26)22-13-14-27-2/h4-6,15-16,18-19,22H,3,7-14H2,1-2H3. The summed E-state index contributed by atoms with van der Waals surface area (Å²) in [4.78, 5) is 15.5. The Hall–Kier alpha value is -1.44. The van der Waals surface area contributed by atoms with Crippen molar-refractivity contribution < 1.29 is 17.9 Å². The fourth-order valence-electron chi connectivity index (χ4n) is 4.12. The molecule has 0 bridgehead atoms. The molecular weight excluding hydrogens is 376 g/mol. The van der Waals surface area contributed by atoms with Gasteiger partial charge in [0.25, 0.3) is 5.91 Å². The van der Waals surface area contributed by atoms with Gasteiger partial charge in [0.05, 0.1) is 11.5 Å². The topological polar surface area (TPSA) is 75.7 Å². The highest BCUT2D eigenvalue weighted by Crippen LogP contribution is 2.37. The molecule has 1 amide bonds. The second-order valence-electron chi connectivity index (χ2n) is 7.94. The first-order valence-corrected chi connectivity index (χ1v) is 11.9. The van der Waals surface area contributed by atoms with E-state index in [4.69, 9.17) is 4.74 Å². The van der Waals surface area contributed by atoms with Crippen LogP contribution in [0.15, 0.2) is 29.2 Å². The van der Waals surface area contributed by atoms with E-state index in [1.54, 1.807) is 12.1 Å². The molecule has 1 aromatic rings. The first-order valence-electron chi connectivity index (χ1n) is 10.4. The van der Waals surface area contributed by atoms with Crippen LogP contribution in [0, 0.1) is 5.92 Å². The highest BCUT2D eigenvalue weighted by Gasteiger charge is 2.39. The average Bonchev–Trinajstić information content (AvgIpc) is 3.54. The number of methoxy groups -OCH3 is 1. The fraction of sp³-hybridized carbons (Fsp3) is 0.667. The molecule has 2 aliphatic carbocycles. The van der Waals surface area contributed by atoms with E-state index in [9.17, 15) is 13.2 Å². The van der Waals surface area contributed by atoms with Crippen molar-refractivity contribution in [3.8, 4) is 0 Å². The van der Waals surface area contributed by atoms with Crippen LogP contribution in [-0.2, 0) is 14.8 Å². The summed E-state index contributed by atoms with van der Waals surface area (Å²) in [5.74, 6) is 0.746. The number of ether oxygens (including phenoxy) is 1. The Balaban J connectivity index is 1.75. The van der Waals surface area contributed by atoms with Crippen molar-refractivity contribution in [3.05, 3.63) is 29.8 Å². The average molecular weight is 409 g/mol. The fourth-order valence-corrected chi connectivity index (χ4v) is 5.18. The molecule has 6 nitrogen and oxygen atoms in total. The maximum absolute atomic E-state index is 13.3. The number of hydrogen-bond acceptors (Lipinski definition) is 4. The Bertz CT molecular complexity index is 768. The van der Waals surface area contributed by atoms with Crippen LogP contribution in [0.2, 0.25) is 0 Å². The molecule has 0 spiro atoms. The molecular formula is C21H32N2O4S. The Kier molecular flexibility index (Phi) is 7.12. The highest BCUT2D eigenvalue weighted by atomic mass is 32.2. The van der Waals surface area contributed by atoms with Crippen LogP contribution in [0.25, 0.3) is 0 Å². The van der Waals surface area contributed by atoms with E-state index < -0.39 is 10.0 Å². The second kappa shape index (κ2) is 9.37. The van der Waals surface area contributed by atoms with Gasteiger partial charge in [0.2, 0.25) is 10.0 Å². The number of nitrogens with one attached hydrogen (secondary N) is 1. The van der Waals surface area contributed by atoms with Crippen molar-refractivity contribution in [3.63, 3.8) is 0 Å². The molecule has 3 rings (SSSR count). The molecule has 2 fully saturated rings. The maximum atomic E-state index is 13.3. The van der Waals surface area contributed by atoms with Gasteiger partial charge in [0, 0.05) is 31.3 Å². The Morgan fingerprint density at radius 3 is 2.36 bits per heavy atom. The number of rotatable bonds is 9. The summed E-state index contributed by atoms with van der Waals surface area (Å²) in [5, 5.41) is 0. The minimum absolute atomic E-state index is 0.0311. The number of hydrogen-bond donors (Lipinski definition) is 1. The molecule has 2 aliphatic rings. The van der Waals surface area contributed by atoms with Gasteiger partial charge >= 0.3 is 0 Å². The van der Waals surface area contributed by atoms with E-state index in [1.165, 1.54) is 38.5 Å². The third-order valence-electron chi connectivity index (χ3n) is 5.95. The van der Waals surface area contributed by atoms with Gasteiger partial charge in [-0.05, 0) is 62.6 Å². The van der Waals surface area contributed by atoms with Gasteiger partial charge in [-0.25, -0.2) is 13.1 Å². The van der Waals surface area contributed by atoms with Gasteiger partial charge in [-0.2, -0.15) is 0 Å². The molecule has 0 radical (unpaired) electrons. The Morgan fingerprint density at radius 1 is 1.14 bits per heavy atom. The molecule has 2 saturated carbocycles. The lowest BCUT2D eigenvalue weighted by molar-refractivity contribution is 0.0587. The van der Waals surface area contributed by atoms with Crippen molar-refractivity contribution in [1.82, 2.24) is 9.62 Å². The summed E-state index contributed by atoms with van der Waals surface area (Å²) >= 11 is 0. The molecule has 156 valence electrons. The molecule has 1 aromatic carbocycles. The number of carbonyl (C=O) groups is 1. The molecule has 0 aliphatic heterocycles. The minimum Gasteiger partial charge on any atom is -0.383 e. The van der Waals surface area contributed by atoms with E-state index >= 15 is 0 Å². The largest absolute Gasteiger partial charge is 0.383 e. The predicted octanol–water partition coefficient (Wildman–Crippen LogP) is 3.18. The summed E-state index contributed by atoms with van der Waals surface area (Å²) in [6, 6.07) is 7.00. The monoisotopic (exact) mass is 408 g/mol. The van der Waals surface area contributed by atoms with Crippen LogP contribution in [0.5, 0.6) is 0 Å². The Morgan fingerprint density at radius 2 is 1.79 bits per heavy atom. The highest BCUT2D eigenvalue weighted by molar-refractivity contribution is 7.89. The lowest BCUT2D eigenvalue weighted by Crippen LogP contribution is -2.44. The van der Waals surface area contributed by atoms with Gasteiger partial charge < -0.3 is 9.64 Å². The zero-order valence-electron chi connectivity index (χ0n) is 16.9. The number of carbonyl (C=O) groups excluding carboxylic acids is 1. The molecule has 0 unspecified atom stereocenters. The third kappa shape index (κ3) is 5.13. The van der Waals surface area contributed by atoms with E-state index in [0.717, 1.165) is 31.6 Å². The van der Waals surface area contributed by atoms with Crippen molar-refractivity contribution in [1.29, 1.82) is 0 Å². The van der Waals surface area contributed by atoms with E-state index in [0.29, 0.717) is 18.2 Å². The van der Waals surface area contributed by atoms with Crippen LogP contribution in [-0.4, -0.2) is 51.6 Å². The van der Waals surface area contributed by atoms with Crippen LogP contribution in [0.4, 0.5) is 0 Å². The molecule has 7 heteroatoms. The number of sulfonamides is 1. The second-order valence-corrected chi connectivity index (χ2v) is 9.71. The van der Waals surface area contributed by atoms with Gasteiger partial charge in [0.1, 0.15) is 0 Å². The van der Waals surface area contributed by atoms with Crippen LogP contribution < -0.4 is 4.72 Å². The molecule has 1 N–H and O–H groups in total. The van der Waals surface area contributed by atoms with Crippen molar-refractivity contribution in [2.24, 2.45) is 5.92 Å². The SMILES string of the molecule is CCC1CCC(N(C(=O)c2cccc(S(=O)(=O)NCCOC)c2)C2CC2)CC1. The predicted molar refractivity (Wildman–Crippen MR) is 109 cm³/mol. The smallest absolute Gasteiger partial charge is 0.254 e. The summed E-state index contributed by atoms with van der Waals surface area (Å²) in [7, 11) is -2.13. The number of benzene rings is 1. The van der Waals surface area contributed by atoms with E-state index in [1.807, 2.05) is 0 Å². The molecule has 0 heterocycles. The lowest BCUT2D eigenvalue weighted by atomic mass is 9.83. The van der Waals surface area contributed by atoms with Crippen LogP contribution in [0.3, 0.4) is 0 Å². The Labute approximate surface area is 168 Å². The summed E-state index contributed by atoms with van der Waals surface area (Å²) in [5.41, 5.74) is 0.458. The molecule has 0 atom stereocenters. The minimum atomic E-state index is -3.66. The van der Waals surface area contributed by atoms with Crippen LogP contribution >= 0.6 is 0 Å². The normalized spacial score (nSPS) is 22.8. The van der Waals surface area contributed by atoms with Crippen molar-refractivity contribution in [2.75, 3.05) is 20.3 Å². The third-order valence-corrected chi connectivity index (χ3v) is 7.41. The zero-order valence-corrected chi connectivity index (χ0v) is 17.7. The van der Waals surface area contributed by atoms with Crippen molar-refractivity contribution >= 4 is 15.9 Å². The van der Waals surface area contributed by atoms with E-state index in [-0.39, 0.29) is 23.4 Å². The zero-order chi connectivity index (χ0) is 20.1. The maximum Gasteiger partial charge on any atom is 0.254 e. The van der Waals surface area contributed by atoms with E-state index in [2.05, 4.69) is 16.5 Å². The summed E-state index contributed by atoms with van der Waals surface area (Å²) < 4.78 is 32.4. The molecule has 0 aromatic heterocycles. The number of amides is 1. The van der Waals surface area contributed by atoms with Gasteiger partial charge in [-0.15, -0.1) is 0 Å². The van der Waals surface area contributed by atoms with Gasteiger partial charge in [-0.1, -0.05) is 19.4 Å². The van der Waals surface area contributed by atoms with Crippen molar-refractivity contribution in [2.45, 2.75) is 68.8 Å². The lowest BCUT2D eigenvalue weighted by Gasteiger charge is -2.37. The first kappa shape index (κ1) is 21.3. The quantitative estimate of drug-likeness (QED) is 0.637.